The Morgan fingerprint density at radius 2 is 1.71 bits per heavy atom. The predicted molar refractivity (Wildman–Crippen MR) is 75.2 cm³/mol. The first-order valence-corrected chi connectivity index (χ1v) is 7.91. The van der Waals surface area contributed by atoms with Gasteiger partial charge in [-0.2, -0.15) is 0 Å². The van der Waals surface area contributed by atoms with Crippen LogP contribution in [-0.4, -0.2) is 13.1 Å². The Balaban J connectivity index is 1.73. The molecule has 0 saturated heterocycles. The van der Waals surface area contributed by atoms with Gasteiger partial charge in [0, 0.05) is 6.54 Å². The number of hydrogen-bond donors (Lipinski definition) is 1. The van der Waals surface area contributed by atoms with Crippen LogP contribution in [0.4, 0.5) is 0 Å². The van der Waals surface area contributed by atoms with Gasteiger partial charge in [-0.15, -0.1) is 0 Å². The molecule has 100 valence electrons. The van der Waals surface area contributed by atoms with Crippen molar-refractivity contribution in [2.45, 2.75) is 71.6 Å². The van der Waals surface area contributed by atoms with Crippen molar-refractivity contribution in [2.24, 2.45) is 17.3 Å². The number of hydrogen-bond acceptors (Lipinski definition) is 1. The molecule has 0 aliphatic heterocycles. The van der Waals surface area contributed by atoms with Crippen molar-refractivity contribution < 1.29 is 0 Å². The van der Waals surface area contributed by atoms with Crippen LogP contribution < -0.4 is 5.32 Å². The zero-order chi connectivity index (χ0) is 12.1. The van der Waals surface area contributed by atoms with Crippen LogP contribution >= 0.6 is 0 Å². The summed E-state index contributed by atoms with van der Waals surface area (Å²) < 4.78 is 0. The van der Waals surface area contributed by atoms with Crippen molar-refractivity contribution in [3.63, 3.8) is 0 Å². The molecular weight excluding hydrogens is 206 g/mol. The van der Waals surface area contributed by atoms with Crippen LogP contribution in [0, 0.1) is 17.3 Å². The third kappa shape index (κ3) is 3.98. The molecule has 2 aliphatic carbocycles. The first-order valence-electron chi connectivity index (χ1n) is 7.91. The molecule has 0 aromatic carbocycles. The van der Waals surface area contributed by atoms with Crippen molar-refractivity contribution in [3.05, 3.63) is 0 Å². The van der Waals surface area contributed by atoms with E-state index in [2.05, 4.69) is 19.2 Å². The van der Waals surface area contributed by atoms with E-state index in [0.717, 1.165) is 11.8 Å². The molecule has 0 radical (unpaired) electrons. The molecule has 0 aromatic heterocycles. The molecule has 1 nitrogen and oxygen atoms in total. The summed E-state index contributed by atoms with van der Waals surface area (Å²) >= 11 is 0. The summed E-state index contributed by atoms with van der Waals surface area (Å²) in [5, 5.41) is 3.82. The molecule has 1 heteroatoms. The maximum Gasteiger partial charge on any atom is 0.000802 e. The van der Waals surface area contributed by atoms with Crippen LogP contribution in [0.5, 0.6) is 0 Å². The van der Waals surface area contributed by atoms with Crippen LogP contribution in [0.25, 0.3) is 0 Å². The molecule has 2 rings (SSSR count). The van der Waals surface area contributed by atoms with Gasteiger partial charge in [-0.05, 0) is 55.9 Å². The second-order valence-corrected chi connectivity index (χ2v) is 7.09. The lowest BCUT2D eigenvalue weighted by Gasteiger charge is -2.32. The van der Waals surface area contributed by atoms with Gasteiger partial charge in [-0.1, -0.05) is 39.5 Å². The summed E-state index contributed by atoms with van der Waals surface area (Å²) in [6.45, 7) is 7.36. The third-order valence-corrected chi connectivity index (χ3v) is 4.91. The van der Waals surface area contributed by atoms with Crippen molar-refractivity contribution in [3.8, 4) is 0 Å². The van der Waals surface area contributed by atoms with E-state index in [1.165, 1.54) is 70.9 Å². The molecule has 0 spiro atoms. The normalized spacial score (nSPS) is 24.9. The van der Waals surface area contributed by atoms with E-state index in [-0.39, 0.29) is 0 Å². The monoisotopic (exact) mass is 237 g/mol. The van der Waals surface area contributed by atoms with Crippen LogP contribution in [-0.2, 0) is 0 Å². The molecule has 17 heavy (non-hydrogen) atoms. The average Bonchev–Trinajstić information content (AvgIpc) is 2.89. The lowest BCUT2D eigenvalue weighted by molar-refractivity contribution is 0.220. The molecule has 0 aromatic rings. The summed E-state index contributed by atoms with van der Waals surface area (Å²) in [7, 11) is 0. The fourth-order valence-electron chi connectivity index (χ4n) is 4.20. The molecule has 0 heterocycles. The van der Waals surface area contributed by atoms with Gasteiger partial charge < -0.3 is 5.32 Å². The Hall–Kier alpha value is -0.0400. The van der Waals surface area contributed by atoms with E-state index >= 15 is 0 Å². The van der Waals surface area contributed by atoms with E-state index < -0.39 is 0 Å². The van der Waals surface area contributed by atoms with Crippen LogP contribution in [0.1, 0.15) is 71.6 Å². The summed E-state index contributed by atoms with van der Waals surface area (Å²) in [5.74, 6) is 1.86. The maximum atomic E-state index is 3.82. The van der Waals surface area contributed by atoms with Gasteiger partial charge in [0.05, 0.1) is 0 Å². The molecule has 2 fully saturated rings. The van der Waals surface area contributed by atoms with Crippen LogP contribution in [0.15, 0.2) is 0 Å². The Morgan fingerprint density at radius 1 is 1.06 bits per heavy atom. The second kappa shape index (κ2) is 6.22. The minimum absolute atomic E-state index is 0.659. The minimum Gasteiger partial charge on any atom is -0.316 e. The lowest BCUT2D eigenvalue weighted by atomic mass is 9.78. The summed E-state index contributed by atoms with van der Waals surface area (Å²) in [6.07, 6.45) is 13.2. The van der Waals surface area contributed by atoms with Gasteiger partial charge in [0.2, 0.25) is 0 Å². The van der Waals surface area contributed by atoms with E-state index in [1.54, 1.807) is 0 Å². The van der Waals surface area contributed by atoms with Gasteiger partial charge in [0.15, 0.2) is 0 Å². The summed E-state index contributed by atoms with van der Waals surface area (Å²) in [6, 6.07) is 0. The maximum absolute atomic E-state index is 3.82. The summed E-state index contributed by atoms with van der Waals surface area (Å²) in [5.41, 5.74) is 0.659. The van der Waals surface area contributed by atoms with Gasteiger partial charge in [0.1, 0.15) is 0 Å². The third-order valence-electron chi connectivity index (χ3n) is 4.91. The van der Waals surface area contributed by atoms with Crippen molar-refractivity contribution in [1.29, 1.82) is 0 Å². The number of nitrogens with one attached hydrogen (secondary N) is 1. The Labute approximate surface area is 108 Å². The lowest BCUT2D eigenvalue weighted by Crippen LogP contribution is -2.35. The zero-order valence-corrected chi connectivity index (χ0v) is 11.9. The van der Waals surface area contributed by atoms with Gasteiger partial charge in [-0.3, -0.25) is 0 Å². The van der Waals surface area contributed by atoms with Gasteiger partial charge in [-0.25, -0.2) is 0 Å². The Bertz CT molecular complexity index is 210. The standard InChI is InChI=1S/C16H31N/c1-14(2)11-16(9-5-6-10-16)13-17-12-15-7-3-4-8-15/h14-15,17H,3-13H2,1-2H3. The van der Waals surface area contributed by atoms with Gasteiger partial charge >= 0.3 is 0 Å². The first-order chi connectivity index (χ1) is 8.20. The fourth-order valence-corrected chi connectivity index (χ4v) is 4.20. The molecular formula is C16H31N. The van der Waals surface area contributed by atoms with E-state index in [1.807, 2.05) is 0 Å². The smallest absolute Gasteiger partial charge is 0.000802 e. The van der Waals surface area contributed by atoms with E-state index in [4.69, 9.17) is 0 Å². The largest absolute Gasteiger partial charge is 0.316 e. The summed E-state index contributed by atoms with van der Waals surface area (Å²) in [4.78, 5) is 0. The molecule has 1 N–H and O–H groups in total. The van der Waals surface area contributed by atoms with Crippen molar-refractivity contribution >= 4 is 0 Å². The average molecular weight is 237 g/mol. The highest BCUT2D eigenvalue weighted by Crippen LogP contribution is 2.42. The highest BCUT2D eigenvalue weighted by molar-refractivity contribution is 4.87. The molecule has 0 amide bonds. The van der Waals surface area contributed by atoms with Gasteiger partial charge in [0.25, 0.3) is 0 Å². The van der Waals surface area contributed by atoms with Crippen LogP contribution in [0.2, 0.25) is 0 Å². The Morgan fingerprint density at radius 3 is 2.29 bits per heavy atom. The van der Waals surface area contributed by atoms with Crippen molar-refractivity contribution in [2.75, 3.05) is 13.1 Å². The predicted octanol–water partition coefficient (Wildman–Crippen LogP) is 4.37. The molecule has 0 atom stereocenters. The van der Waals surface area contributed by atoms with E-state index in [9.17, 15) is 0 Å². The topological polar surface area (TPSA) is 12.0 Å². The van der Waals surface area contributed by atoms with Crippen molar-refractivity contribution in [1.82, 2.24) is 5.32 Å². The highest BCUT2D eigenvalue weighted by Gasteiger charge is 2.34. The SMILES string of the molecule is CC(C)CC1(CNCC2CCCC2)CCCC1. The van der Waals surface area contributed by atoms with Crippen LogP contribution in [0.3, 0.4) is 0 Å². The quantitative estimate of drug-likeness (QED) is 0.723. The molecule has 2 saturated carbocycles. The molecule has 0 bridgehead atoms. The Kier molecular flexibility index (Phi) is 4.90. The highest BCUT2D eigenvalue weighted by atomic mass is 14.9. The second-order valence-electron chi connectivity index (χ2n) is 7.09. The molecule has 2 aliphatic rings. The zero-order valence-electron chi connectivity index (χ0n) is 11.9. The minimum atomic E-state index is 0.659. The molecule has 0 unspecified atom stereocenters. The van der Waals surface area contributed by atoms with E-state index in [0.29, 0.717) is 5.41 Å². The number of rotatable bonds is 6. The fraction of sp³-hybridized carbons (Fsp3) is 1.00. The first kappa shape index (κ1) is 13.4.